The van der Waals surface area contributed by atoms with E-state index in [1.807, 2.05) is 0 Å². The minimum atomic E-state index is -6.43. The third kappa shape index (κ3) is 4.70. The van der Waals surface area contributed by atoms with Crippen molar-refractivity contribution in [3.8, 4) is 0 Å². The Labute approximate surface area is 124 Å². The maximum atomic E-state index is 12.5. The molecule has 0 radical (unpaired) electrons. The summed E-state index contributed by atoms with van der Waals surface area (Å²) in [5.74, 6) is -18.8. The van der Waals surface area contributed by atoms with E-state index in [0.29, 0.717) is 0 Å². The standard InChI is InChI=1S/C9H4F10O5/c10-6(11,8(14,15)16)4(21)23-2-3(1-20)24-5(22)7(12,13)9(17,18)19/h1,3H,2H2. The van der Waals surface area contributed by atoms with Gasteiger partial charge in [0, 0.05) is 0 Å². The molecule has 0 saturated carbocycles. The van der Waals surface area contributed by atoms with Crippen LogP contribution in [0.1, 0.15) is 0 Å². The Balaban J connectivity index is 4.91. The van der Waals surface area contributed by atoms with E-state index in [1.54, 1.807) is 0 Å². The number of hydrogen-bond donors (Lipinski definition) is 0. The van der Waals surface area contributed by atoms with Crippen molar-refractivity contribution in [3.05, 3.63) is 0 Å². The van der Waals surface area contributed by atoms with Crippen molar-refractivity contribution in [1.29, 1.82) is 0 Å². The van der Waals surface area contributed by atoms with Crippen molar-refractivity contribution in [1.82, 2.24) is 0 Å². The molecule has 24 heavy (non-hydrogen) atoms. The fourth-order valence-corrected chi connectivity index (χ4v) is 0.792. The zero-order chi connectivity index (χ0) is 19.6. The summed E-state index contributed by atoms with van der Waals surface area (Å²) in [5, 5.41) is 0. The van der Waals surface area contributed by atoms with Gasteiger partial charge in [0.25, 0.3) is 0 Å². The van der Waals surface area contributed by atoms with Crippen LogP contribution >= 0.6 is 0 Å². The minimum absolute atomic E-state index is 0.733. The normalized spacial score (nSPS) is 14.8. The van der Waals surface area contributed by atoms with Gasteiger partial charge in [-0.25, -0.2) is 9.59 Å². The Hall–Kier alpha value is -2.09. The number of ether oxygens (including phenoxy) is 2. The van der Waals surface area contributed by atoms with Gasteiger partial charge in [-0.2, -0.15) is 43.9 Å². The third-order valence-corrected chi connectivity index (χ3v) is 2.01. The number of rotatable bonds is 6. The van der Waals surface area contributed by atoms with Crippen LogP contribution in [0.15, 0.2) is 0 Å². The number of carbonyl (C=O) groups is 3. The molecule has 0 bridgehead atoms. The highest BCUT2D eigenvalue weighted by Gasteiger charge is 2.66. The molecule has 140 valence electrons. The van der Waals surface area contributed by atoms with E-state index >= 15 is 0 Å². The molecule has 1 unspecified atom stereocenters. The second-order valence-corrected chi connectivity index (χ2v) is 3.82. The molecule has 0 N–H and O–H groups in total. The molecule has 1 atom stereocenters. The van der Waals surface area contributed by atoms with Crippen molar-refractivity contribution in [2.24, 2.45) is 0 Å². The molecular formula is C9H4F10O5. The van der Waals surface area contributed by atoms with Crippen molar-refractivity contribution < 1.29 is 67.8 Å². The van der Waals surface area contributed by atoms with Crippen LogP contribution in [0, 0.1) is 0 Å². The number of hydrogen-bond acceptors (Lipinski definition) is 5. The molecule has 0 spiro atoms. The van der Waals surface area contributed by atoms with Crippen LogP contribution in [-0.2, 0) is 23.9 Å². The molecule has 0 aromatic carbocycles. The Morgan fingerprint density at radius 2 is 1.17 bits per heavy atom. The zero-order valence-electron chi connectivity index (χ0n) is 10.7. The Morgan fingerprint density at radius 3 is 1.50 bits per heavy atom. The van der Waals surface area contributed by atoms with Crippen molar-refractivity contribution in [2.45, 2.75) is 30.3 Å². The molecule has 0 aliphatic carbocycles. The number of carbonyl (C=O) groups excluding carboxylic acids is 3. The predicted molar refractivity (Wildman–Crippen MR) is 48.9 cm³/mol. The first-order valence-electron chi connectivity index (χ1n) is 5.21. The summed E-state index contributed by atoms with van der Waals surface area (Å²) >= 11 is 0. The summed E-state index contributed by atoms with van der Waals surface area (Å²) in [5.41, 5.74) is 0. The van der Waals surface area contributed by atoms with Crippen LogP contribution < -0.4 is 0 Å². The fourth-order valence-electron chi connectivity index (χ4n) is 0.792. The van der Waals surface area contributed by atoms with Crippen LogP contribution in [0.2, 0.25) is 0 Å². The average Bonchev–Trinajstić information content (AvgIpc) is 2.39. The minimum Gasteiger partial charge on any atom is -0.457 e. The average molecular weight is 382 g/mol. The molecule has 0 fully saturated rings. The molecule has 0 heterocycles. The number of aldehydes is 1. The first-order valence-corrected chi connectivity index (χ1v) is 5.21. The summed E-state index contributed by atoms with van der Waals surface area (Å²) in [7, 11) is 0. The fraction of sp³-hybridized carbons (Fsp3) is 0.667. The van der Waals surface area contributed by atoms with E-state index < -0.39 is 55.1 Å². The van der Waals surface area contributed by atoms with Gasteiger partial charge in [-0.1, -0.05) is 0 Å². The Kier molecular flexibility index (Phi) is 6.21. The van der Waals surface area contributed by atoms with Gasteiger partial charge in [0.1, 0.15) is 6.61 Å². The predicted octanol–water partition coefficient (Wildman–Crippen LogP) is 2.04. The molecule has 0 saturated heterocycles. The highest BCUT2D eigenvalue weighted by molar-refractivity contribution is 5.81. The van der Waals surface area contributed by atoms with E-state index in [-0.39, 0.29) is 0 Å². The monoisotopic (exact) mass is 382 g/mol. The lowest BCUT2D eigenvalue weighted by atomic mass is 10.3. The molecule has 0 aromatic heterocycles. The van der Waals surface area contributed by atoms with Gasteiger partial charge in [0.15, 0.2) is 12.4 Å². The second kappa shape index (κ2) is 6.80. The van der Waals surface area contributed by atoms with Gasteiger partial charge >= 0.3 is 36.1 Å². The molecule has 0 rings (SSSR count). The highest BCUT2D eigenvalue weighted by atomic mass is 19.4. The Bertz CT molecular complexity index is 494. The zero-order valence-corrected chi connectivity index (χ0v) is 10.7. The summed E-state index contributed by atoms with van der Waals surface area (Å²) in [6.45, 7) is -1.95. The molecule has 15 heteroatoms. The quantitative estimate of drug-likeness (QED) is 0.400. The lowest BCUT2D eigenvalue weighted by Gasteiger charge is -2.21. The van der Waals surface area contributed by atoms with Gasteiger partial charge in [0.05, 0.1) is 0 Å². The van der Waals surface area contributed by atoms with Crippen molar-refractivity contribution in [2.75, 3.05) is 6.61 Å². The summed E-state index contributed by atoms with van der Waals surface area (Å²) in [4.78, 5) is 31.3. The summed E-state index contributed by atoms with van der Waals surface area (Å²) in [6.07, 6.45) is -16.3. The van der Waals surface area contributed by atoms with Gasteiger partial charge < -0.3 is 9.47 Å². The first-order chi connectivity index (χ1) is 10.5. The van der Waals surface area contributed by atoms with E-state index in [0.717, 1.165) is 0 Å². The maximum absolute atomic E-state index is 12.5. The van der Waals surface area contributed by atoms with E-state index in [1.165, 1.54) is 0 Å². The number of alkyl halides is 10. The molecule has 0 amide bonds. The van der Waals surface area contributed by atoms with Gasteiger partial charge in [-0.15, -0.1) is 0 Å². The van der Waals surface area contributed by atoms with Crippen LogP contribution in [0.5, 0.6) is 0 Å². The number of esters is 2. The van der Waals surface area contributed by atoms with Crippen molar-refractivity contribution >= 4 is 18.2 Å². The van der Waals surface area contributed by atoms with Gasteiger partial charge in [-0.3, -0.25) is 4.79 Å². The molecule has 0 aromatic rings. The molecule has 0 aliphatic rings. The van der Waals surface area contributed by atoms with Crippen LogP contribution in [0.3, 0.4) is 0 Å². The molecule has 0 aliphatic heterocycles. The number of halogens is 10. The van der Waals surface area contributed by atoms with E-state index in [9.17, 15) is 58.3 Å². The van der Waals surface area contributed by atoms with E-state index in [2.05, 4.69) is 9.47 Å². The third-order valence-electron chi connectivity index (χ3n) is 2.01. The van der Waals surface area contributed by atoms with Gasteiger partial charge in [-0.05, 0) is 0 Å². The SMILES string of the molecule is O=CC(COC(=O)C(F)(F)C(F)(F)F)OC(=O)C(F)(F)C(F)(F)F. The second-order valence-electron chi connectivity index (χ2n) is 3.82. The lowest BCUT2D eigenvalue weighted by Crippen LogP contribution is -2.48. The smallest absolute Gasteiger partial charge is 0.457 e. The van der Waals surface area contributed by atoms with Crippen LogP contribution in [0.25, 0.3) is 0 Å². The largest absolute Gasteiger partial charge is 0.465 e. The topological polar surface area (TPSA) is 69.7 Å². The van der Waals surface area contributed by atoms with Crippen molar-refractivity contribution in [3.63, 3.8) is 0 Å². The van der Waals surface area contributed by atoms with Crippen LogP contribution in [0.4, 0.5) is 43.9 Å². The maximum Gasteiger partial charge on any atom is 0.465 e. The first kappa shape index (κ1) is 21.9. The summed E-state index contributed by atoms with van der Waals surface area (Å²) in [6, 6.07) is 0. The highest BCUT2D eigenvalue weighted by Crippen LogP contribution is 2.37. The lowest BCUT2D eigenvalue weighted by molar-refractivity contribution is -0.285. The Morgan fingerprint density at radius 1 is 0.792 bits per heavy atom. The van der Waals surface area contributed by atoms with Gasteiger partial charge in [0.2, 0.25) is 0 Å². The summed E-state index contributed by atoms with van der Waals surface area (Å²) < 4.78 is 127. The molecular weight excluding hydrogens is 378 g/mol. The molecule has 5 nitrogen and oxygen atoms in total. The van der Waals surface area contributed by atoms with E-state index in [4.69, 9.17) is 0 Å². The van der Waals surface area contributed by atoms with Crippen LogP contribution in [-0.4, -0.2) is 55.1 Å².